The summed E-state index contributed by atoms with van der Waals surface area (Å²) in [4.78, 5) is 15.3. The third-order valence-electron chi connectivity index (χ3n) is 2.72. The normalized spacial score (nSPS) is 12.9. The van der Waals surface area contributed by atoms with Gasteiger partial charge >= 0.3 is 5.97 Å². The molecule has 0 fully saturated rings. The van der Waals surface area contributed by atoms with E-state index in [2.05, 4.69) is 20.5 Å². The van der Waals surface area contributed by atoms with Crippen LogP contribution in [0.1, 0.15) is 19.7 Å². The number of nitrogens with one attached hydrogen (secondary N) is 1. The SMILES string of the molecule is Cc1nnc2c(N[C@@H](C(=O)O)C(C)C)nccn12. The van der Waals surface area contributed by atoms with Crippen LogP contribution in [-0.4, -0.2) is 36.7 Å². The van der Waals surface area contributed by atoms with Gasteiger partial charge in [0.2, 0.25) is 5.65 Å². The van der Waals surface area contributed by atoms with Gasteiger partial charge in [0, 0.05) is 12.4 Å². The molecule has 0 aliphatic rings. The molecule has 18 heavy (non-hydrogen) atoms. The van der Waals surface area contributed by atoms with Crippen LogP contribution >= 0.6 is 0 Å². The molecule has 0 aromatic carbocycles. The molecule has 2 N–H and O–H groups in total. The summed E-state index contributed by atoms with van der Waals surface area (Å²) in [6.07, 6.45) is 3.33. The lowest BCUT2D eigenvalue weighted by Crippen LogP contribution is -2.34. The molecule has 0 saturated heterocycles. The molecule has 2 heterocycles. The zero-order valence-corrected chi connectivity index (χ0v) is 10.5. The second-order valence-electron chi connectivity index (χ2n) is 4.42. The first-order valence-electron chi connectivity index (χ1n) is 5.66. The standard InChI is InChI=1S/C11H15N5O2/c1-6(2)8(11(17)18)13-9-10-15-14-7(3)16(10)5-4-12-9/h4-6,8H,1-3H3,(H,12,13)(H,17,18)/t8-/m1/s1. The van der Waals surface area contributed by atoms with Crippen LogP contribution in [0.25, 0.3) is 5.65 Å². The zero-order valence-electron chi connectivity index (χ0n) is 10.5. The topological polar surface area (TPSA) is 92.4 Å². The third kappa shape index (κ3) is 2.11. The van der Waals surface area contributed by atoms with Crippen LogP contribution in [0.2, 0.25) is 0 Å². The molecule has 0 unspecified atom stereocenters. The highest BCUT2D eigenvalue weighted by Gasteiger charge is 2.23. The fraction of sp³-hybridized carbons (Fsp3) is 0.455. The molecular formula is C11H15N5O2. The molecule has 96 valence electrons. The Morgan fingerprint density at radius 1 is 1.44 bits per heavy atom. The molecule has 0 spiro atoms. The number of fused-ring (bicyclic) bond motifs is 1. The summed E-state index contributed by atoms with van der Waals surface area (Å²) in [5.41, 5.74) is 0.530. The van der Waals surface area contributed by atoms with Crippen LogP contribution in [0.3, 0.4) is 0 Å². The predicted octanol–water partition coefficient (Wildman–Crippen LogP) is 0.954. The number of anilines is 1. The van der Waals surface area contributed by atoms with Crippen molar-refractivity contribution in [3.05, 3.63) is 18.2 Å². The van der Waals surface area contributed by atoms with Gasteiger partial charge in [-0.3, -0.25) is 4.40 Å². The average Bonchev–Trinajstić information content (AvgIpc) is 2.68. The van der Waals surface area contributed by atoms with Gasteiger partial charge in [0.25, 0.3) is 0 Å². The monoisotopic (exact) mass is 249 g/mol. The molecule has 0 radical (unpaired) electrons. The van der Waals surface area contributed by atoms with E-state index in [1.807, 2.05) is 20.8 Å². The van der Waals surface area contributed by atoms with Gasteiger partial charge in [0.1, 0.15) is 11.9 Å². The van der Waals surface area contributed by atoms with E-state index in [9.17, 15) is 4.79 Å². The van der Waals surface area contributed by atoms with Crippen molar-refractivity contribution in [3.63, 3.8) is 0 Å². The average molecular weight is 249 g/mol. The summed E-state index contributed by atoms with van der Waals surface area (Å²) in [6.45, 7) is 5.49. The number of aromatic nitrogens is 4. The highest BCUT2D eigenvalue weighted by molar-refractivity contribution is 5.79. The molecule has 0 saturated carbocycles. The van der Waals surface area contributed by atoms with E-state index in [-0.39, 0.29) is 5.92 Å². The van der Waals surface area contributed by atoms with E-state index in [1.54, 1.807) is 16.8 Å². The maximum atomic E-state index is 11.2. The number of nitrogens with zero attached hydrogens (tertiary/aromatic N) is 4. The number of hydrogen-bond acceptors (Lipinski definition) is 5. The molecule has 2 aromatic heterocycles. The first-order chi connectivity index (χ1) is 8.50. The van der Waals surface area contributed by atoms with Crippen LogP contribution in [0, 0.1) is 12.8 Å². The highest BCUT2D eigenvalue weighted by Crippen LogP contribution is 2.15. The number of hydrogen-bond donors (Lipinski definition) is 2. The van der Waals surface area contributed by atoms with Crippen LogP contribution in [0.4, 0.5) is 5.82 Å². The summed E-state index contributed by atoms with van der Waals surface area (Å²) < 4.78 is 1.76. The highest BCUT2D eigenvalue weighted by atomic mass is 16.4. The van der Waals surface area contributed by atoms with Crippen molar-refractivity contribution < 1.29 is 9.90 Å². The van der Waals surface area contributed by atoms with Crippen molar-refractivity contribution in [1.29, 1.82) is 0 Å². The van der Waals surface area contributed by atoms with Gasteiger partial charge in [-0.15, -0.1) is 10.2 Å². The number of carboxylic acid groups (broad SMARTS) is 1. The van der Waals surface area contributed by atoms with E-state index >= 15 is 0 Å². The van der Waals surface area contributed by atoms with Crippen LogP contribution in [0.15, 0.2) is 12.4 Å². The second kappa shape index (κ2) is 4.59. The maximum absolute atomic E-state index is 11.2. The third-order valence-corrected chi connectivity index (χ3v) is 2.72. The number of aryl methyl sites for hydroxylation is 1. The molecule has 7 nitrogen and oxygen atoms in total. The fourth-order valence-electron chi connectivity index (χ4n) is 1.70. The Balaban J connectivity index is 2.39. The van der Waals surface area contributed by atoms with Gasteiger partial charge in [0.05, 0.1) is 0 Å². The van der Waals surface area contributed by atoms with Crippen molar-refractivity contribution in [3.8, 4) is 0 Å². The first kappa shape index (κ1) is 12.3. The molecular weight excluding hydrogens is 234 g/mol. The van der Waals surface area contributed by atoms with Crippen LogP contribution in [-0.2, 0) is 4.79 Å². The Hall–Kier alpha value is -2.18. The van der Waals surface area contributed by atoms with Gasteiger partial charge in [-0.1, -0.05) is 13.8 Å². The van der Waals surface area contributed by atoms with E-state index in [4.69, 9.17) is 5.11 Å². The minimum absolute atomic E-state index is 0.0615. The van der Waals surface area contributed by atoms with Crippen molar-refractivity contribution in [2.45, 2.75) is 26.8 Å². The van der Waals surface area contributed by atoms with Crippen molar-refractivity contribution >= 4 is 17.4 Å². The largest absolute Gasteiger partial charge is 0.480 e. The maximum Gasteiger partial charge on any atom is 0.326 e. The van der Waals surface area contributed by atoms with E-state index in [1.165, 1.54) is 0 Å². The minimum atomic E-state index is -0.912. The fourth-order valence-corrected chi connectivity index (χ4v) is 1.70. The van der Waals surface area contributed by atoms with Crippen LogP contribution < -0.4 is 5.32 Å². The molecule has 2 rings (SSSR count). The minimum Gasteiger partial charge on any atom is -0.480 e. The van der Waals surface area contributed by atoms with Gasteiger partial charge in [-0.2, -0.15) is 0 Å². The number of carboxylic acids is 1. The van der Waals surface area contributed by atoms with E-state index < -0.39 is 12.0 Å². The molecule has 7 heteroatoms. The Labute approximate surface area is 104 Å². The quantitative estimate of drug-likeness (QED) is 0.838. The molecule has 0 bridgehead atoms. The zero-order chi connectivity index (χ0) is 13.3. The summed E-state index contributed by atoms with van der Waals surface area (Å²) in [6, 6.07) is -0.708. The van der Waals surface area contributed by atoms with Crippen LogP contribution in [0.5, 0.6) is 0 Å². The lowest BCUT2D eigenvalue weighted by Gasteiger charge is -2.18. The smallest absolute Gasteiger partial charge is 0.326 e. The Kier molecular flexibility index (Phi) is 3.14. The van der Waals surface area contributed by atoms with Crippen molar-refractivity contribution in [2.75, 3.05) is 5.32 Å². The summed E-state index contributed by atoms with van der Waals surface area (Å²) >= 11 is 0. The van der Waals surface area contributed by atoms with Crippen molar-refractivity contribution in [2.24, 2.45) is 5.92 Å². The summed E-state index contributed by atoms with van der Waals surface area (Å²) in [5.74, 6) is 0.185. The lowest BCUT2D eigenvalue weighted by atomic mass is 10.1. The van der Waals surface area contributed by atoms with Gasteiger partial charge < -0.3 is 10.4 Å². The summed E-state index contributed by atoms with van der Waals surface area (Å²) in [7, 11) is 0. The Bertz CT molecular complexity index is 578. The van der Waals surface area contributed by atoms with Gasteiger partial charge in [-0.05, 0) is 12.8 Å². The first-order valence-corrected chi connectivity index (χ1v) is 5.66. The number of aliphatic carboxylic acids is 1. The molecule has 0 aliphatic carbocycles. The number of carbonyl (C=O) groups is 1. The molecule has 2 aromatic rings. The Morgan fingerprint density at radius 2 is 2.17 bits per heavy atom. The van der Waals surface area contributed by atoms with E-state index in [0.29, 0.717) is 11.5 Å². The molecule has 1 atom stereocenters. The second-order valence-corrected chi connectivity index (χ2v) is 4.42. The van der Waals surface area contributed by atoms with E-state index in [0.717, 1.165) is 5.82 Å². The molecule has 0 aliphatic heterocycles. The summed E-state index contributed by atoms with van der Waals surface area (Å²) in [5, 5.41) is 20.0. The van der Waals surface area contributed by atoms with Gasteiger partial charge in [0.15, 0.2) is 5.82 Å². The number of rotatable bonds is 4. The lowest BCUT2D eigenvalue weighted by molar-refractivity contribution is -0.138. The Morgan fingerprint density at radius 3 is 2.78 bits per heavy atom. The predicted molar refractivity (Wildman–Crippen MR) is 65.4 cm³/mol. The molecule has 0 amide bonds. The van der Waals surface area contributed by atoms with Crippen molar-refractivity contribution in [1.82, 2.24) is 19.6 Å². The van der Waals surface area contributed by atoms with Gasteiger partial charge in [-0.25, -0.2) is 9.78 Å².